The highest BCUT2D eigenvalue weighted by Gasteiger charge is 2.16. The molecule has 0 aromatic heterocycles. The van der Waals surface area contributed by atoms with Gasteiger partial charge in [-0.15, -0.1) is 0 Å². The third-order valence-corrected chi connectivity index (χ3v) is 2.53. The van der Waals surface area contributed by atoms with Crippen LogP contribution in [0.15, 0.2) is 42.5 Å². The fraction of sp³-hybridized carbons (Fsp3) is 0. The fourth-order valence-corrected chi connectivity index (χ4v) is 1.54. The Morgan fingerprint density at radius 2 is 1.65 bits per heavy atom. The van der Waals surface area contributed by atoms with E-state index in [4.69, 9.17) is 14.9 Å². The van der Waals surface area contributed by atoms with Crippen molar-refractivity contribution < 1.29 is 29.6 Å². The number of rotatable bonds is 3. The average molecular weight is 274 g/mol. The highest BCUT2D eigenvalue weighted by atomic mass is 16.5. The summed E-state index contributed by atoms with van der Waals surface area (Å²) in [6.45, 7) is 0. The molecule has 2 rings (SSSR count). The van der Waals surface area contributed by atoms with Gasteiger partial charge in [0.15, 0.2) is 11.5 Å². The first-order chi connectivity index (χ1) is 9.49. The number of carboxylic acids is 1. The molecule has 0 bridgehead atoms. The van der Waals surface area contributed by atoms with Crippen molar-refractivity contribution >= 4 is 11.9 Å². The minimum Gasteiger partial charge on any atom is -0.504 e. The van der Waals surface area contributed by atoms with Gasteiger partial charge in [-0.1, -0.05) is 12.1 Å². The Bertz CT molecular complexity index is 677. The van der Waals surface area contributed by atoms with E-state index in [1.807, 2.05) is 0 Å². The summed E-state index contributed by atoms with van der Waals surface area (Å²) >= 11 is 0. The van der Waals surface area contributed by atoms with Gasteiger partial charge >= 0.3 is 11.9 Å². The molecule has 3 N–H and O–H groups in total. The number of aromatic hydroxyl groups is 2. The number of carboxylic acid groups (broad SMARTS) is 1. The zero-order valence-electron chi connectivity index (χ0n) is 10.1. The summed E-state index contributed by atoms with van der Waals surface area (Å²) in [4.78, 5) is 22.8. The second-order valence-corrected chi connectivity index (χ2v) is 3.89. The quantitative estimate of drug-likeness (QED) is 0.449. The lowest BCUT2D eigenvalue weighted by atomic mass is 10.2. The lowest BCUT2D eigenvalue weighted by Crippen LogP contribution is -2.11. The molecule has 0 aliphatic carbocycles. The van der Waals surface area contributed by atoms with E-state index in [9.17, 15) is 14.7 Å². The predicted molar refractivity (Wildman–Crippen MR) is 68.1 cm³/mol. The number of hydrogen-bond acceptors (Lipinski definition) is 5. The van der Waals surface area contributed by atoms with Crippen LogP contribution >= 0.6 is 0 Å². The second-order valence-electron chi connectivity index (χ2n) is 3.89. The summed E-state index contributed by atoms with van der Waals surface area (Å²) in [5, 5.41) is 27.4. The number of benzene rings is 2. The molecule has 6 heteroatoms. The number of esters is 1. The van der Waals surface area contributed by atoms with E-state index in [2.05, 4.69) is 0 Å². The molecule has 0 saturated carbocycles. The van der Waals surface area contributed by atoms with Crippen LogP contribution < -0.4 is 4.74 Å². The van der Waals surface area contributed by atoms with E-state index in [-0.39, 0.29) is 22.6 Å². The van der Waals surface area contributed by atoms with Crippen molar-refractivity contribution in [1.82, 2.24) is 0 Å². The molecular formula is C14H10O6. The van der Waals surface area contributed by atoms with Crippen molar-refractivity contribution in [2.45, 2.75) is 0 Å². The Balaban J connectivity index is 2.28. The Hall–Kier alpha value is -3.02. The highest BCUT2D eigenvalue weighted by Crippen LogP contribution is 2.26. The Kier molecular flexibility index (Phi) is 3.56. The molecule has 2 aromatic rings. The van der Waals surface area contributed by atoms with Gasteiger partial charge in [0.05, 0.1) is 5.56 Å². The van der Waals surface area contributed by atoms with Crippen LogP contribution in [0.2, 0.25) is 0 Å². The molecule has 0 heterocycles. The average Bonchev–Trinajstić information content (AvgIpc) is 2.42. The monoisotopic (exact) mass is 274 g/mol. The third kappa shape index (κ3) is 2.69. The number of carbonyl (C=O) groups is 2. The zero-order chi connectivity index (χ0) is 14.7. The molecule has 0 spiro atoms. The number of hydrogen-bond donors (Lipinski definition) is 3. The molecule has 0 saturated heterocycles. The van der Waals surface area contributed by atoms with Crippen LogP contribution in [0.1, 0.15) is 20.7 Å². The van der Waals surface area contributed by atoms with Gasteiger partial charge in [0, 0.05) is 0 Å². The van der Waals surface area contributed by atoms with E-state index < -0.39 is 17.7 Å². The summed E-state index contributed by atoms with van der Waals surface area (Å²) < 4.78 is 4.98. The molecule has 6 nitrogen and oxygen atoms in total. The maximum Gasteiger partial charge on any atom is 0.343 e. The lowest BCUT2D eigenvalue weighted by molar-refractivity contribution is 0.0681. The molecule has 20 heavy (non-hydrogen) atoms. The minimum absolute atomic E-state index is 0.0134. The third-order valence-electron chi connectivity index (χ3n) is 2.53. The van der Waals surface area contributed by atoms with Gasteiger partial charge in [0.25, 0.3) is 0 Å². The number of aromatic carboxylic acids is 1. The normalized spacial score (nSPS) is 10.0. The zero-order valence-corrected chi connectivity index (χ0v) is 10.1. The molecule has 0 amide bonds. The Labute approximate surface area is 113 Å². The van der Waals surface area contributed by atoms with E-state index in [1.165, 1.54) is 30.3 Å². The first kappa shape index (κ1) is 13.4. The smallest absolute Gasteiger partial charge is 0.343 e. The summed E-state index contributed by atoms with van der Waals surface area (Å²) in [6, 6.07) is 9.11. The van der Waals surface area contributed by atoms with Crippen molar-refractivity contribution in [3.8, 4) is 17.2 Å². The predicted octanol–water partition coefficient (Wildman–Crippen LogP) is 2.02. The Morgan fingerprint density at radius 3 is 2.30 bits per heavy atom. The Morgan fingerprint density at radius 1 is 0.950 bits per heavy atom. The molecular weight excluding hydrogens is 264 g/mol. The van der Waals surface area contributed by atoms with Crippen molar-refractivity contribution in [2.75, 3.05) is 0 Å². The summed E-state index contributed by atoms with van der Waals surface area (Å²) in [6.07, 6.45) is 0. The van der Waals surface area contributed by atoms with Gasteiger partial charge in [-0.05, 0) is 30.3 Å². The molecule has 0 radical (unpaired) electrons. The summed E-state index contributed by atoms with van der Waals surface area (Å²) in [5.41, 5.74) is -0.163. The van der Waals surface area contributed by atoms with Crippen molar-refractivity contribution in [3.63, 3.8) is 0 Å². The van der Waals surface area contributed by atoms with Gasteiger partial charge in [-0.25, -0.2) is 9.59 Å². The molecule has 0 fully saturated rings. The van der Waals surface area contributed by atoms with Gasteiger partial charge in [0.1, 0.15) is 11.3 Å². The van der Waals surface area contributed by atoms with Crippen LogP contribution in [0.5, 0.6) is 17.2 Å². The molecule has 0 aliphatic rings. The molecule has 102 valence electrons. The van der Waals surface area contributed by atoms with E-state index in [0.717, 1.165) is 12.1 Å². The largest absolute Gasteiger partial charge is 0.504 e. The van der Waals surface area contributed by atoms with Crippen molar-refractivity contribution in [2.24, 2.45) is 0 Å². The minimum atomic E-state index is -1.22. The van der Waals surface area contributed by atoms with Gasteiger partial charge in [-0.3, -0.25) is 0 Å². The van der Waals surface area contributed by atoms with Gasteiger partial charge in [0.2, 0.25) is 0 Å². The van der Waals surface area contributed by atoms with Crippen LogP contribution in [0, 0.1) is 0 Å². The van der Waals surface area contributed by atoms with E-state index in [0.29, 0.717) is 0 Å². The summed E-state index contributed by atoms with van der Waals surface area (Å²) in [5.74, 6) is -2.99. The second kappa shape index (κ2) is 5.31. The number of para-hydroxylation sites is 1. The van der Waals surface area contributed by atoms with Crippen molar-refractivity contribution in [1.29, 1.82) is 0 Å². The number of ether oxygens (including phenoxy) is 1. The maximum atomic E-state index is 11.8. The highest BCUT2D eigenvalue weighted by molar-refractivity contribution is 5.95. The number of phenolic OH excluding ortho intramolecular Hbond substituents is 2. The van der Waals surface area contributed by atoms with Crippen LogP contribution in [-0.4, -0.2) is 27.3 Å². The first-order valence-electron chi connectivity index (χ1n) is 5.55. The van der Waals surface area contributed by atoms with Crippen LogP contribution in [0.3, 0.4) is 0 Å². The fourth-order valence-electron chi connectivity index (χ4n) is 1.54. The molecule has 0 unspecified atom stereocenters. The van der Waals surface area contributed by atoms with Gasteiger partial charge < -0.3 is 20.1 Å². The number of carbonyl (C=O) groups excluding carboxylic acids is 1. The molecule has 0 aliphatic heterocycles. The number of phenols is 2. The van der Waals surface area contributed by atoms with Crippen LogP contribution in [-0.2, 0) is 0 Å². The topological polar surface area (TPSA) is 104 Å². The summed E-state index contributed by atoms with van der Waals surface area (Å²) in [7, 11) is 0. The SMILES string of the molecule is O=C(Oc1ccccc1C(=O)O)c1ccc(O)c(O)c1. The lowest BCUT2D eigenvalue weighted by Gasteiger charge is -2.07. The first-order valence-corrected chi connectivity index (χ1v) is 5.55. The van der Waals surface area contributed by atoms with Crippen LogP contribution in [0.25, 0.3) is 0 Å². The van der Waals surface area contributed by atoms with Crippen LogP contribution in [0.4, 0.5) is 0 Å². The van der Waals surface area contributed by atoms with Crippen molar-refractivity contribution in [3.05, 3.63) is 53.6 Å². The molecule has 0 atom stereocenters. The molecule has 2 aromatic carbocycles. The maximum absolute atomic E-state index is 11.8. The van der Waals surface area contributed by atoms with E-state index >= 15 is 0 Å². The van der Waals surface area contributed by atoms with Gasteiger partial charge in [-0.2, -0.15) is 0 Å². The standard InChI is InChI=1S/C14H10O6/c15-10-6-5-8(7-11(10)16)14(19)20-12-4-2-1-3-9(12)13(17)18/h1-7,15-16H,(H,17,18). The van der Waals surface area contributed by atoms with E-state index in [1.54, 1.807) is 0 Å².